The predicted octanol–water partition coefficient (Wildman–Crippen LogP) is 0.303. The highest BCUT2D eigenvalue weighted by molar-refractivity contribution is 7.02. The second-order valence-electron chi connectivity index (χ2n) is 0.944. The van der Waals surface area contributed by atoms with Crippen molar-refractivity contribution in [3.63, 3.8) is 0 Å². The summed E-state index contributed by atoms with van der Waals surface area (Å²) in [5.41, 5.74) is 0. The quantitative estimate of drug-likeness (QED) is 0.483. The largest absolute Gasteiger partial charge is 0.276 e. The minimum Gasteiger partial charge on any atom is -0.276 e. The van der Waals surface area contributed by atoms with Gasteiger partial charge in [0.05, 0.1) is 0 Å². The molecule has 0 saturated heterocycles. The van der Waals surface area contributed by atoms with Crippen molar-refractivity contribution in [1.82, 2.24) is 4.37 Å². The van der Waals surface area contributed by atoms with E-state index in [4.69, 9.17) is 0 Å². The fourth-order valence-corrected chi connectivity index (χ4v) is 0.579. The van der Waals surface area contributed by atoms with Crippen molar-refractivity contribution in [2.75, 3.05) is 0 Å². The van der Waals surface area contributed by atoms with Gasteiger partial charge in [0, 0.05) is 23.8 Å². The van der Waals surface area contributed by atoms with Gasteiger partial charge in [-0.1, -0.05) is 0 Å². The van der Waals surface area contributed by atoms with E-state index >= 15 is 0 Å². The van der Waals surface area contributed by atoms with Gasteiger partial charge >= 0.3 is 0 Å². The molecule has 0 unspecified atom stereocenters. The molecule has 0 aliphatic carbocycles. The van der Waals surface area contributed by atoms with Crippen molar-refractivity contribution in [2.24, 2.45) is 0 Å². The van der Waals surface area contributed by atoms with E-state index in [-0.39, 0.29) is 4.74 Å². The van der Waals surface area contributed by atoms with Gasteiger partial charge < -0.3 is 0 Å². The van der Waals surface area contributed by atoms with Crippen LogP contribution in [0.2, 0.25) is 0 Å². The summed E-state index contributed by atoms with van der Waals surface area (Å²) in [5, 5.41) is 0. The van der Waals surface area contributed by atoms with Crippen LogP contribution in [0.25, 0.3) is 0 Å². The van der Waals surface area contributed by atoms with Crippen LogP contribution < -0.4 is 4.74 Å². The third kappa shape index (κ3) is 1.08. The highest BCUT2D eigenvalue weighted by Gasteiger charge is 1.74. The molecule has 2 nitrogen and oxygen atoms in total. The maximum absolute atomic E-state index is 10.2. The Kier molecular flexibility index (Phi) is 1.17. The molecule has 1 aromatic heterocycles. The summed E-state index contributed by atoms with van der Waals surface area (Å²) in [7, 11) is 0. The van der Waals surface area contributed by atoms with E-state index in [1.54, 1.807) is 0 Å². The second-order valence-corrected chi connectivity index (χ2v) is 1.71. The van der Waals surface area contributed by atoms with E-state index in [2.05, 4.69) is 10.4 Å². The number of nitrogens with zero attached hydrogens (tertiary/aromatic N) is 1. The summed E-state index contributed by atoms with van der Waals surface area (Å²) in [6, 6.07) is 3.93. The molecule has 35 valence electrons. The predicted molar refractivity (Wildman–Crippen MR) is 27.2 cm³/mol. The normalized spacial score (nSPS) is 8.57. The first kappa shape index (κ1) is 4.46. The third-order valence-corrected chi connectivity index (χ3v) is 0.983. The fourth-order valence-electron chi connectivity index (χ4n) is 0.240. The molecular formula is C4H2NOS. The number of hydrogen-bond donors (Lipinski definition) is 0. The molecule has 0 N–H and O–H groups in total. The van der Waals surface area contributed by atoms with Crippen LogP contribution in [-0.4, -0.2) is 4.37 Å². The summed E-state index contributed by atoms with van der Waals surface area (Å²) in [4.78, 5) is 10.2. The van der Waals surface area contributed by atoms with Gasteiger partial charge in [0.25, 0.3) is 4.74 Å². The van der Waals surface area contributed by atoms with E-state index in [0.29, 0.717) is 0 Å². The Morgan fingerprint density at radius 1 is 1.86 bits per heavy atom. The molecule has 0 fully saturated rings. The number of rotatable bonds is 0. The molecule has 0 atom stereocenters. The molecule has 1 heterocycles. The average Bonchev–Trinajstić information content (AvgIpc) is 1.69. The van der Waals surface area contributed by atoms with Crippen molar-refractivity contribution in [1.29, 1.82) is 0 Å². The van der Waals surface area contributed by atoms with Gasteiger partial charge in [-0.3, -0.25) is 4.79 Å². The second kappa shape index (κ2) is 1.84. The zero-order valence-corrected chi connectivity index (χ0v) is 4.23. The Morgan fingerprint density at radius 2 is 2.71 bits per heavy atom. The SMILES string of the molecule is O=c1[c]ccns1. The van der Waals surface area contributed by atoms with Crippen LogP contribution in [0.1, 0.15) is 0 Å². The fraction of sp³-hybridized carbons (Fsp3) is 0. The summed E-state index contributed by atoms with van der Waals surface area (Å²) in [6.45, 7) is 0. The molecule has 0 amide bonds. The Balaban J connectivity index is 3.28. The highest BCUT2D eigenvalue weighted by Crippen LogP contribution is 1.72. The lowest BCUT2D eigenvalue weighted by Crippen LogP contribution is -1.88. The Labute approximate surface area is 44.6 Å². The topological polar surface area (TPSA) is 30.0 Å². The van der Waals surface area contributed by atoms with Crippen LogP contribution >= 0.6 is 11.5 Å². The minimum absolute atomic E-state index is 0.123. The minimum atomic E-state index is -0.123. The van der Waals surface area contributed by atoms with Crippen molar-refractivity contribution in [3.8, 4) is 0 Å². The Morgan fingerprint density at radius 3 is 3.00 bits per heavy atom. The third-order valence-electron chi connectivity index (χ3n) is 0.472. The lowest BCUT2D eigenvalue weighted by atomic mass is 10.6. The summed E-state index contributed by atoms with van der Waals surface area (Å²) in [5.74, 6) is 0. The molecular weight excluding hydrogens is 110 g/mol. The molecule has 3 heteroatoms. The maximum Gasteiger partial charge on any atom is 0.257 e. The smallest absolute Gasteiger partial charge is 0.257 e. The van der Waals surface area contributed by atoms with Crippen molar-refractivity contribution in [3.05, 3.63) is 27.9 Å². The van der Waals surface area contributed by atoms with Gasteiger partial charge in [-0.05, 0) is 6.07 Å². The van der Waals surface area contributed by atoms with Gasteiger partial charge in [-0.2, -0.15) is 4.37 Å². The molecule has 1 rings (SSSR count). The monoisotopic (exact) mass is 112 g/mol. The van der Waals surface area contributed by atoms with Crippen molar-refractivity contribution < 1.29 is 0 Å². The van der Waals surface area contributed by atoms with Gasteiger partial charge in [0.1, 0.15) is 0 Å². The van der Waals surface area contributed by atoms with E-state index in [1.165, 1.54) is 12.3 Å². The molecule has 0 spiro atoms. The average molecular weight is 112 g/mol. The van der Waals surface area contributed by atoms with Gasteiger partial charge in [-0.15, -0.1) is 0 Å². The van der Waals surface area contributed by atoms with Gasteiger partial charge in [0.2, 0.25) is 0 Å². The molecule has 1 radical (unpaired) electrons. The van der Waals surface area contributed by atoms with Crippen LogP contribution in [0.15, 0.2) is 17.1 Å². The lowest BCUT2D eigenvalue weighted by Gasteiger charge is -1.67. The van der Waals surface area contributed by atoms with E-state index in [0.717, 1.165) is 11.5 Å². The number of hydrogen-bond acceptors (Lipinski definition) is 3. The molecule has 7 heavy (non-hydrogen) atoms. The number of aromatic nitrogens is 1. The van der Waals surface area contributed by atoms with Gasteiger partial charge in [0.15, 0.2) is 0 Å². The summed E-state index contributed by atoms with van der Waals surface area (Å²) in [6.07, 6.45) is 1.53. The van der Waals surface area contributed by atoms with Crippen molar-refractivity contribution in [2.45, 2.75) is 0 Å². The first-order valence-corrected chi connectivity index (χ1v) is 2.49. The molecule has 0 bridgehead atoms. The van der Waals surface area contributed by atoms with Crippen LogP contribution in [-0.2, 0) is 0 Å². The summed E-state index contributed by atoms with van der Waals surface area (Å²) >= 11 is 0.906. The van der Waals surface area contributed by atoms with Crippen molar-refractivity contribution >= 4 is 11.5 Å². The van der Waals surface area contributed by atoms with Gasteiger partial charge in [-0.25, -0.2) is 0 Å². The van der Waals surface area contributed by atoms with Crippen LogP contribution in [0.5, 0.6) is 0 Å². The van der Waals surface area contributed by atoms with E-state index in [9.17, 15) is 4.79 Å². The summed E-state index contributed by atoms with van der Waals surface area (Å²) < 4.78 is 3.46. The van der Waals surface area contributed by atoms with E-state index < -0.39 is 0 Å². The first-order chi connectivity index (χ1) is 3.39. The standard InChI is InChI=1S/C4H2NOS/c6-4-2-1-3-5-7-4/h1,3H. The molecule has 1 aromatic rings. The maximum atomic E-state index is 10.2. The Hall–Kier alpha value is -0.700. The Bertz CT molecular complexity index is 177. The first-order valence-electron chi connectivity index (χ1n) is 1.72. The molecule has 0 aliphatic rings. The highest BCUT2D eigenvalue weighted by atomic mass is 32.1. The van der Waals surface area contributed by atoms with Crippen LogP contribution in [0.3, 0.4) is 0 Å². The van der Waals surface area contributed by atoms with E-state index in [1.807, 2.05) is 0 Å². The molecule has 0 aromatic carbocycles. The zero-order valence-electron chi connectivity index (χ0n) is 3.42. The molecule has 0 saturated carbocycles. The zero-order chi connectivity index (χ0) is 5.11. The van der Waals surface area contributed by atoms with Crippen LogP contribution in [0.4, 0.5) is 0 Å². The lowest BCUT2D eigenvalue weighted by molar-refractivity contribution is 1.50. The van der Waals surface area contributed by atoms with Crippen LogP contribution in [0, 0.1) is 6.07 Å². The molecule has 0 aliphatic heterocycles.